The highest BCUT2D eigenvalue weighted by atomic mass is 19.1. The van der Waals surface area contributed by atoms with Gasteiger partial charge in [0.15, 0.2) is 0 Å². The molecule has 2 unspecified atom stereocenters. The third-order valence-electron chi connectivity index (χ3n) is 3.90. The van der Waals surface area contributed by atoms with E-state index < -0.39 is 5.97 Å². The second-order valence-electron chi connectivity index (χ2n) is 5.36. The smallest absolute Gasteiger partial charge is 0.306 e. The van der Waals surface area contributed by atoms with Gasteiger partial charge in [0.1, 0.15) is 5.82 Å². The zero-order chi connectivity index (χ0) is 13.8. The molecule has 1 aromatic carbocycles. The largest absolute Gasteiger partial charge is 0.481 e. The summed E-state index contributed by atoms with van der Waals surface area (Å²) in [5.41, 5.74) is 1.67. The Morgan fingerprint density at radius 3 is 3.00 bits per heavy atom. The van der Waals surface area contributed by atoms with E-state index in [1.165, 1.54) is 6.07 Å². The Hall–Kier alpha value is -1.42. The average Bonchev–Trinajstić information content (AvgIpc) is 2.82. The molecule has 1 fully saturated rings. The van der Waals surface area contributed by atoms with Crippen LogP contribution in [-0.2, 0) is 11.3 Å². The molecule has 2 rings (SSSR count). The minimum absolute atomic E-state index is 0.172. The predicted octanol–water partition coefficient (Wildman–Crippen LogP) is 2.72. The fraction of sp³-hybridized carbons (Fsp3) is 0.533. The molecule has 19 heavy (non-hydrogen) atoms. The molecule has 0 aliphatic heterocycles. The van der Waals surface area contributed by atoms with Crippen molar-refractivity contribution in [3.63, 3.8) is 0 Å². The molecule has 0 radical (unpaired) electrons. The van der Waals surface area contributed by atoms with E-state index in [9.17, 15) is 9.18 Å². The van der Waals surface area contributed by atoms with Crippen molar-refractivity contribution in [1.82, 2.24) is 5.32 Å². The Morgan fingerprint density at radius 2 is 2.26 bits per heavy atom. The summed E-state index contributed by atoms with van der Waals surface area (Å²) in [6, 6.07) is 5.05. The third kappa shape index (κ3) is 3.53. The third-order valence-corrected chi connectivity index (χ3v) is 3.90. The van der Waals surface area contributed by atoms with E-state index in [1.54, 1.807) is 6.07 Å². The van der Waals surface area contributed by atoms with Gasteiger partial charge in [-0.25, -0.2) is 4.39 Å². The maximum Gasteiger partial charge on any atom is 0.306 e. The Kier molecular flexibility index (Phi) is 4.53. The number of hydrogen-bond donors (Lipinski definition) is 2. The second kappa shape index (κ2) is 6.15. The van der Waals surface area contributed by atoms with Crippen molar-refractivity contribution < 1.29 is 14.3 Å². The lowest BCUT2D eigenvalue weighted by Crippen LogP contribution is -2.29. The Morgan fingerprint density at radius 1 is 1.47 bits per heavy atom. The molecule has 104 valence electrons. The van der Waals surface area contributed by atoms with Gasteiger partial charge in [-0.3, -0.25) is 4.79 Å². The van der Waals surface area contributed by atoms with Gasteiger partial charge in [-0.05, 0) is 38.3 Å². The molecular weight excluding hydrogens is 245 g/mol. The van der Waals surface area contributed by atoms with E-state index in [0.717, 1.165) is 24.8 Å². The van der Waals surface area contributed by atoms with Crippen molar-refractivity contribution in [1.29, 1.82) is 0 Å². The van der Waals surface area contributed by atoms with Gasteiger partial charge in [-0.1, -0.05) is 24.1 Å². The van der Waals surface area contributed by atoms with Crippen LogP contribution in [0.1, 0.15) is 30.4 Å². The van der Waals surface area contributed by atoms with Crippen LogP contribution in [0.3, 0.4) is 0 Å². The molecule has 1 aliphatic carbocycles. The van der Waals surface area contributed by atoms with E-state index in [1.807, 2.05) is 13.0 Å². The molecule has 4 heteroatoms. The van der Waals surface area contributed by atoms with Crippen LogP contribution in [0.4, 0.5) is 4.39 Å². The molecular formula is C15H20FNO2. The number of carboxylic acid groups (broad SMARTS) is 1. The number of aryl methyl sites for hydroxylation is 1. The maximum absolute atomic E-state index is 13.5. The topological polar surface area (TPSA) is 49.3 Å². The summed E-state index contributed by atoms with van der Waals surface area (Å²) < 4.78 is 13.5. The summed E-state index contributed by atoms with van der Waals surface area (Å²) in [6.07, 6.45) is 2.68. The van der Waals surface area contributed by atoms with Crippen molar-refractivity contribution >= 4 is 5.97 Å². The van der Waals surface area contributed by atoms with Crippen LogP contribution in [0, 0.1) is 24.6 Å². The minimum Gasteiger partial charge on any atom is -0.481 e. The standard InChI is InChI=1S/C15H20FNO2/c1-10-5-6-14(16)12(7-10)9-17-8-11-3-2-4-13(11)15(18)19/h5-7,11,13,17H,2-4,8-9H2,1H3,(H,18,19). The normalized spacial score (nSPS) is 22.6. The second-order valence-corrected chi connectivity index (χ2v) is 5.36. The fourth-order valence-electron chi connectivity index (χ4n) is 2.84. The van der Waals surface area contributed by atoms with Gasteiger partial charge in [0.05, 0.1) is 5.92 Å². The summed E-state index contributed by atoms with van der Waals surface area (Å²) in [5, 5.41) is 12.3. The highest BCUT2D eigenvalue weighted by molar-refractivity contribution is 5.70. The first kappa shape index (κ1) is 14.0. The van der Waals surface area contributed by atoms with Crippen molar-refractivity contribution in [3.05, 3.63) is 35.1 Å². The van der Waals surface area contributed by atoms with Crippen LogP contribution in [0.2, 0.25) is 0 Å². The van der Waals surface area contributed by atoms with Crippen molar-refractivity contribution in [2.45, 2.75) is 32.7 Å². The lowest BCUT2D eigenvalue weighted by atomic mass is 9.96. The van der Waals surface area contributed by atoms with Gasteiger partial charge in [-0.15, -0.1) is 0 Å². The fourth-order valence-corrected chi connectivity index (χ4v) is 2.84. The highest BCUT2D eigenvalue weighted by Crippen LogP contribution is 2.31. The number of halogens is 1. The summed E-state index contributed by atoms with van der Waals surface area (Å²) in [7, 11) is 0. The molecule has 0 saturated heterocycles. The van der Waals surface area contributed by atoms with Gasteiger partial charge >= 0.3 is 5.97 Å². The molecule has 1 saturated carbocycles. The SMILES string of the molecule is Cc1ccc(F)c(CNCC2CCCC2C(=O)O)c1. The minimum atomic E-state index is -0.703. The molecule has 0 bridgehead atoms. The van der Waals surface area contributed by atoms with E-state index in [4.69, 9.17) is 5.11 Å². The number of rotatable bonds is 5. The molecule has 2 atom stereocenters. The Balaban J connectivity index is 1.86. The lowest BCUT2D eigenvalue weighted by Gasteiger charge is -2.16. The molecule has 0 spiro atoms. The van der Waals surface area contributed by atoms with Crippen LogP contribution >= 0.6 is 0 Å². The van der Waals surface area contributed by atoms with Crippen LogP contribution in [0.25, 0.3) is 0 Å². The summed E-state index contributed by atoms with van der Waals surface area (Å²) in [6.45, 7) is 3.03. The van der Waals surface area contributed by atoms with E-state index >= 15 is 0 Å². The summed E-state index contributed by atoms with van der Waals surface area (Å²) >= 11 is 0. The Bertz CT molecular complexity index is 461. The van der Waals surface area contributed by atoms with E-state index in [0.29, 0.717) is 18.7 Å². The van der Waals surface area contributed by atoms with Crippen molar-refractivity contribution in [3.8, 4) is 0 Å². The molecule has 0 aromatic heterocycles. The predicted molar refractivity (Wildman–Crippen MR) is 71.3 cm³/mol. The quantitative estimate of drug-likeness (QED) is 0.860. The number of nitrogens with one attached hydrogen (secondary N) is 1. The number of hydrogen-bond acceptors (Lipinski definition) is 2. The van der Waals surface area contributed by atoms with Gasteiger partial charge in [0.2, 0.25) is 0 Å². The van der Waals surface area contributed by atoms with Crippen LogP contribution in [0.5, 0.6) is 0 Å². The maximum atomic E-state index is 13.5. The number of carboxylic acids is 1. The van der Waals surface area contributed by atoms with Crippen molar-refractivity contribution in [2.75, 3.05) is 6.54 Å². The van der Waals surface area contributed by atoms with Gasteiger partial charge in [0, 0.05) is 12.1 Å². The average molecular weight is 265 g/mol. The van der Waals surface area contributed by atoms with Gasteiger partial charge < -0.3 is 10.4 Å². The van der Waals surface area contributed by atoms with Gasteiger partial charge in [0.25, 0.3) is 0 Å². The monoisotopic (exact) mass is 265 g/mol. The van der Waals surface area contributed by atoms with Crippen LogP contribution < -0.4 is 5.32 Å². The summed E-state index contributed by atoms with van der Waals surface area (Å²) in [5.74, 6) is -0.981. The highest BCUT2D eigenvalue weighted by Gasteiger charge is 2.32. The first-order valence-electron chi connectivity index (χ1n) is 6.76. The van der Waals surface area contributed by atoms with E-state index in [2.05, 4.69) is 5.32 Å². The number of aliphatic carboxylic acids is 1. The molecule has 2 N–H and O–H groups in total. The first-order valence-corrected chi connectivity index (χ1v) is 6.76. The zero-order valence-corrected chi connectivity index (χ0v) is 11.2. The summed E-state index contributed by atoms with van der Waals surface area (Å²) in [4.78, 5) is 11.1. The molecule has 0 amide bonds. The van der Waals surface area contributed by atoms with Crippen LogP contribution in [0.15, 0.2) is 18.2 Å². The first-order chi connectivity index (χ1) is 9.08. The van der Waals surface area contributed by atoms with Crippen molar-refractivity contribution in [2.24, 2.45) is 11.8 Å². The van der Waals surface area contributed by atoms with Crippen LogP contribution in [-0.4, -0.2) is 17.6 Å². The lowest BCUT2D eigenvalue weighted by molar-refractivity contribution is -0.142. The molecule has 1 aliphatic rings. The van der Waals surface area contributed by atoms with E-state index in [-0.39, 0.29) is 17.7 Å². The van der Waals surface area contributed by atoms with Gasteiger partial charge in [-0.2, -0.15) is 0 Å². The zero-order valence-electron chi connectivity index (χ0n) is 11.2. The number of benzene rings is 1. The number of carbonyl (C=O) groups is 1. The molecule has 0 heterocycles. The Labute approximate surface area is 112 Å². The molecule has 1 aromatic rings. The molecule has 3 nitrogen and oxygen atoms in total.